The monoisotopic (exact) mass is 367 g/mol. The van der Waals surface area contributed by atoms with Crippen LogP contribution < -0.4 is 15.1 Å². The number of aromatic nitrogens is 4. The molecule has 0 bridgehead atoms. The molecule has 144 valence electrons. The van der Waals surface area contributed by atoms with Crippen LogP contribution in [0.25, 0.3) is 0 Å². The average Bonchev–Trinajstić information content (AvgIpc) is 3.05. The number of rotatable bonds is 5. The molecule has 1 saturated heterocycles. The van der Waals surface area contributed by atoms with E-state index in [1.807, 2.05) is 25.2 Å². The molecule has 7 heteroatoms. The van der Waals surface area contributed by atoms with Crippen LogP contribution in [-0.2, 0) is 11.8 Å². The second-order valence-electron chi connectivity index (χ2n) is 7.85. The molecule has 4 rings (SSSR count). The van der Waals surface area contributed by atoms with E-state index in [9.17, 15) is 0 Å². The van der Waals surface area contributed by atoms with E-state index in [2.05, 4.69) is 27.1 Å². The number of hydrogen-bond donors (Lipinski definition) is 1. The first-order valence-corrected chi connectivity index (χ1v) is 9.96. The lowest BCUT2D eigenvalue weighted by molar-refractivity contribution is 0.322. The molecule has 0 atom stereocenters. The predicted molar refractivity (Wildman–Crippen MR) is 109 cm³/mol. The van der Waals surface area contributed by atoms with Crippen LogP contribution in [-0.4, -0.2) is 53.7 Å². The molecule has 1 aliphatic heterocycles. The van der Waals surface area contributed by atoms with Gasteiger partial charge in [0.2, 0.25) is 5.95 Å². The van der Waals surface area contributed by atoms with Crippen LogP contribution in [0, 0.1) is 0 Å². The Kier molecular flexibility index (Phi) is 4.85. The molecule has 3 heterocycles. The molecule has 0 aromatic carbocycles. The van der Waals surface area contributed by atoms with Crippen molar-refractivity contribution in [3.05, 3.63) is 29.8 Å². The van der Waals surface area contributed by atoms with Gasteiger partial charge in [-0.2, -0.15) is 4.98 Å². The third-order valence-corrected chi connectivity index (χ3v) is 5.89. The number of nitrogens with zero attached hydrogens (tertiary/aromatic N) is 6. The first-order chi connectivity index (χ1) is 13.1. The van der Waals surface area contributed by atoms with Gasteiger partial charge in [-0.25, -0.2) is 9.97 Å². The van der Waals surface area contributed by atoms with E-state index in [1.54, 1.807) is 12.4 Å². The minimum Gasteiger partial charge on any atom is -0.370 e. The maximum atomic E-state index is 5.02. The van der Waals surface area contributed by atoms with Crippen molar-refractivity contribution in [2.24, 2.45) is 0 Å². The van der Waals surface area contributed by atoms with Crippen molar-refractivity contribution < 1.29 is 0 Å². The Hall–Kier alpha value is -2.44. The lowest BCUT2D eigenvalue weighted by atomic mass is 9.76. The Morgan fingerprint density at radius 2 is 1.96 bits per heavy atom. The van der Waals surface area contributed by atoms with Crippen molar-refractivity contribution >= 4 is 17.6 Å². The molecule has 1 spiro atoms. The lowest BCUT2D eigenvalue weighted by Crippen LogP contribution is -2.42. The van der Waals surface area contributed by atoms with Gasteiger partial charge in [-0.15, -0.1) is 0 Å². The summed E-state index contributed by atoms with van der Waals surface area (Å²) in [7, 11) is 4.03. The van der Waals surface area contributed by atoms with E-state index < -0.39 is 0 Å². The van der Waals surface area contributed by atoms with E-state index in [0.717, 1.165) is 62.9 Å². The third-order valence-electron chi connectivity index (χ3n) is 5.89. The van der Waals surface area contributed by atoms with Crippen LogP contribution in [0.15, 0.2) is 18.6 Å². The summed E-state index contributed by atoms with van der Waals surface area (Å²) in [5.74, 6) is 2.83. The molecule has 0 amide bonds. The highest BCUT2D eigenvalue weighted by Crippen LogP contribution is 2.47. The van der Waals surface area contributed by atoms with Gasteiger partial charge in [0.15, 0.2) is 0 Å². The smallest absolute Gasteiger partial charge is 0.227 e. The number of anilines is 3. The fraction of sp³-hybridized carbons (Fsp3) is 0.600. The number of piperidine rings is 1. The van der Waals surface area contributed by atoms with Crippen molar-refractivity contribution in [2.75, 3.05) is 48.8 Å². The van der Waals surface area contributed by atoms with Crippen LogP contribution in [0.1, 0.15) is 43.9 Å². The van der Waals surface area contributed by atoms with Gasteiger partial charge >= 0.3 is 0 Å². The van der Waals surface area contributed by atoms with Gasteiger partial charge in [0.25, 0.3) is 0 Å². The summed E-state index contributed by atoms with van der Waals surface area (Å²) in [6.07, 6.45) is 10.9. The zero-order chi connectivity index (χ0) is 18.9. The highest BCUT2D eigenvalue weighted by atomic mass is 15.2. The molecule has 7 nitrogen and oxygen atoms in total. The van der Waals surface area contributed by atoms with E-state index in [0.29, 0.717) is 0 Å². The van der Waals surface area contributed by atoms with Crippen molar-refractivity contribution in [3.63, 3.8) is 0 Å². The van der Waals surface area contributed by atoms with Crippen molar-refractivity contribution in [3.8, 4) is 0 Å². The summed E-state index contributed by atoms with van der Waals surface area (Å²) in [6, 6.07) is 0. The summed E-state index contributed by atoms with van der Waals surface area (Å²) < 4.78 is 0. The minimum atomic E-state index is 0.171. The predicted octanol–water partition coefficient (Wildman–Crippen LogP) is 2.64. The molecule has 0 unspecified atom stereocenters. The van der Waals surface area contributed by atoms with Crippen molar-refractivity contribution in [1.82, 2.24) is 19.9 Å². The first kappa shape index (κ1) is 17.9. The molecule has 0 radical (unpaired) electrons. The highest BCUT2D eigenvalue weighted by molar-refractivity contribution is 5.56. The summed E-state index contributed by atoms with van der Waals surface area (Å²) in [5, 5.41) is 3.54. The van der Waals surface area contributed by atoms with Gasteiger partial charge in [-0.1, -0.05) is 6.92 Å². The quantitative estimate of drug-likeness (QED) is 0.871. The largest absolute Gasteiger partial charge is 0.370 e. The summed E-state index contributed by atoms with van der Waals surface area (Å²) in [5.41, 5.74) is 2.78. The van der Waals surface area contributed by atoms with Crippen molar-refractivity contribution in [2.45, 2.75) is 44.4 Å². The lowest BCUT2D eigenvalue weighted by Gasteiger charge is -2.40. The maximum absolute atomic E-state index is 5.02. The Balaban J connectivity index is 1.62. The average molecular weight is 368 g/mol. The standard InChI is InChI=1S/C20H29N7/c1-4-9-23-18-15-5-6-20(17(15)24-19(25-18)26(2)3)7-12-27(13-8-20)16-14-21-10-11-22-16/h10-11,14H,4-9,12-13H2,1-3H3,(H,23,24,25). The highest BCUT2D eigenvalue weighted by Gasteiger charge is 2.44. The zero-order valence-electron chi connectivity index (χ0n) is 16.6. The van der Waals surface area contributed by atoms with E-state index in [4.69, 9.17) is 9.97 Å². The molecule has 1 aliphatic carbocycles. The summed E-state index contributed by atoms with van der Waals surface area (Å²) in [6.45, 7) is 5.13. The molecule has 1 fully saturated rings. The van der Waals surface area contributed by atoms with Crippen LogP contribution in [0.4, 0.5) is 17.6 Å². The van der Waals surface area contributed by atoms with Gasteiger partial charge in [-0.05, 0) is 32.1 Å². The number of nitrogens with one attached hydrogen (secondary N) is 1. The molecule has 2 aromatic rings. The van der Waals surface area contributed by atoms with Crippen LogP contribution in [0.2, 0.25) is 0 Å². The molecular formula is C20H29N7. The number of fused-ring (bicyclic) bond motifs is 2. The molecule has 27 heavy (non-hydrogen) atoms. The topological polar surface area (TPSA) is 70.1 Å². The van der Waals surface area contributed by atoms with Gasteiger partial charge in [0.1, 0.15) is 11.6 Å². The molecule has 2 aromatic heterocycles. The SMILES string of the molecule is CCCNc1nc(N(C)C)nc2c1CCC21CCN(c2cnccn2)CC1. The zero-order valence-corrected chi connectivity index (χ0v) is 16.6. The molecule has 1 N–H and O–H groups in total. The first-order valence-electron chi connectivity index (χ1n) is 9.96. The maximum Gasteiger partial charge on any atom is 0.227 e. The second-order valence-corrected chi connectivity index (χ2v) is 7.85. The Morgan fingerprint density at radius 3 is 2.63 bits per heavy atom. The normalized spacial score (nSPS) is 17.8. The Bertz CT molecular complexity index is 782. The number of hydrogen-bond acceptors (Lipinski definition) is 7. The van der Waals surface area contributed by atoms with E-state index in [-0.39, 0.29) is 5.41 Å². The van der Waals surface area contributed by atoms with Crippen molar-refractivity contribution in [1.29, 1.82) is 0 Å². The van der Waals surface area contributed by atoms with E-state index >= 15 is 0 Å². The fourth-order valence-electron chi connectivity index (χ4n) is 4.33. The van der Waals surface area contributed by atoms with Crippen LogP contribution in [0.3, 0.4) is 0 Å². The minimum absolute atomic E-state index is 0.171. The Morgan fingerprint density at radius 1 is 1.15 bits per heavy atom. The second kappa shape index (κ2) is 7.29. The van der Waals surface area contributed by atoms with Gasteiger partial charge in [0.05, 0.1) is 11.9 Å². The van der Waals surface area contributed by atoms with Gasteiger partial charge in [-0.3, -0.25) is 4.98 Å². The summed E-state index contributed by atoms with van der Waals surface area (Å²) >= 11 is 0. The van der Waals surface area contributed by atoms with Crippen LogP contribution in [0.5, 0.6) is 0 Å². The summed E-state index contributed by atoms with van der Waals surface area (Å²) in [4.78, 5) is 22.9. The molecular weight excluding hydrogens is 338 g/mol. The van der Waals surface area contributed by atoms with Gasteiger partial charge < -0.3 is 15.1 Å². The van der Waals surface area contributed by atoms with E-state index in [1.165, 1.54) is 17.7 Å². The molecule has 2 aliphatic rings. The van der Waals surface area contributed by atoms with Crippen LogP contribution >= 0.6 is 0 Å². The molecule has 0 saturated carbocycles. The Labute approximate surface area is 161 Å². The third kappa shape index (κ3) is 3.31. The fourth-order valence-corrected chi connectivity index (χ4v) is 4.33. The van der Waals surface area contributed by atoms with Gasteiger partial charge in [0, 0.05) is 57.1 Å².